The van der Waals surface area contributed by atoms with Gasteiger partial charge in [-0.1, -0.05) is 48.5 Å². The second-order valence-corrected chi connectivity index (χ2v) is 8.74. The van der Waals surface area contributed by atoms with Gasteiger partial charge in [0.1, 0.15) is 17.5 Å². The van der Waals surface area contributed by atoms with Crippen LogP contribution in [0.1, 0.15) is 30.9 Å². The smallest absolute Gasteiger partial charge is 0.133 e. The first-order chi connectivity index (χ1) is 16.6. The maximum atomic E-state index is 13.4. The van der Waals surface area contributed by atoms with Crippen LogP contribution in [-0.2, 0) is 6.42 Å². The van der Waals surface area contributed by atoms with Crippen molar-refractivity contribution in [3.05, 3.63) is 101 Å². The number of piperidine rings is 1. The average Bonchev–Trinajstić information content (AvgIpc) is 2.87. The molecule has 0 amide bonds. The summed E-state index contributed by atoms with van der Waals surface area (Å²) in [6.07, 6.45) is 4.98. The van der Waals surface area contributed by atoms with Gasteiger partial charge in [0.15, 0.2) is 0 Å². The molecule has 176 valence electrons. The van der Waals surface area contributed by atoms with Crippen LogP contribution in [0.2, 0.25) is 0 Å². The quantitative estimate of drug-likeness (QED) is 0.421. The van der Waals surface area contributed by atoms with E-state index in [-0.39, 0.29) is 11.6 Å². The summed E-state index contributed by atoms with van der Waals surface area (Å²) in [5.41, 5.74) is 11.4. The molecule has 0 radical (unpaired) electrons. The van der Waals surface area contributed by atoms with Crippen molar-refractivity contribution in [1.82, 2.24) is 4.90 Å². The van der Waals surface area contributed by atoms with Gasteiger partial charge in [0.25, 0.3) is 0 Å². The minimum absolute atomic E-state index is 0.217. The van der Waals surface area contributed by atoms with Gasteiger partial charge in [-0.05, 0) is 78.6 Å². The number of nitrogens with zero attached hydrogens (tertiary/aromatic N) is 2. The van der Waals surface area contributed by atoms with E-state index in [2.05, 4.69) is 34.2 Å². The van der Waals surface area contributed by atoms with Gasteiger partial charge in [0.05, 0.1) is 0 Å². The van der Waals surface area contributed by atoms with Gasteiger partial charge in [-0.15, -0.1) is 0 Å². The first-order valence-electron chi connectivity index (χ1n) is 11.8. The van der Waals surface area contributed by atoms with Crippen LogP contribution in [0.4, 0.5) is 8.78 Å². The molecule has 1 saturated heterocycles. The summed E-state index contributed by atoms with van der Waals surface area (Å²) < 4.78 is 26.6. The number of likely N-dealkylation sites (tertiary alicyclic amines) is 1. The summed E-state index contributed by atoms with van der Waals surface area (Å²) in [7, 11) is 0. The molecule has 0 spiro atoms. The monoisotopic (exact) mass is 459 g/mol. The minimum Gasteiger partial charge on any atom is -0.356 e. The molecule has 1 fully saturated rings. The summed E-state index contributed by atoms with van der Waals surface area (Å²) in [6, 6.07) is 21.7. The van der Waals surface area contributed by atoms with Crippen LogP contribution in [0.3, 0.4) is 0 Å². The van der Waals surface area contributed by atoms with Crippen molar-refractivity contribution in [3.8, 4) is 11.1 Å². The fraction of sp³-hybridized carbons (Fsp3) is 0.276. The number of aliphatic imine (C=N–C) groups is 1. The van der Waals surface area contributed by atoms with E-state index in [0.29, 0.717) is 12.5 Å². The Morgan fingerprint density at radius 3 is 1.94 bits per heavy atom. The molecule has 3 aromatic carbocycles. The number of rotatable bonds is 7. The highest BCUT2D eigenvalue weighted by Crippen LogP contribution is 2.29. The average molecular weight is 460 g/mol. The molecule has 2 N–H and O–H groups in total. The summed E-state index contributed by atoms with van der Waals surface area (Å²) in [4.78, 5) is 6.96. The molecule has 3 aromatic rings. The third kappa shape index (κ3) is 5.78. The van der Waals surface area contributed by atoms with Crippen molar-refractivity contribution in [1.29, 1.82) is 0 Å². The highest BCUT2D eigenvalue weighted by Gasteiger charge is 2.23. The lowest BCUT2D eigenvalue weighted by Gasteiger charge is -2.35. The molecule has 4 rings (SSSR count). The Hall–Kier alpha value is -3.31. The van der Waals surface area contributed by atoms with E-state index >= 15 is 0 Å². The second-order valence-electron chi connectivity index (χ2n) is 8.74. The largest absolute Gasteiger partial charge is 0.356 e. The molecule has 1 heterocycles. The van der Waals surface area contributed by atoms with Crippen LogP contribution in [-0.4, -0.2) is 30.7 Å². The third-order valence-electron chi connectivity index (χ3n) is 6.49. The zero-order valence-electron chi connectivity index (χ0n) is 19.6. The van der Waals surface area contributed by atoms with Crippen LogP contribution in [0.25, 0.3) is 16.7 Å². The molecule has 0 atom stereocenters. The van der Waals surface area contributed by atoms with Gasteiger partial charge in [0, 0.05) is 31.4 Å². The van der Waals surface area contributed by atoms with Gasteiger partial charge >= 0.3 is 0 Å². The van der Waals surface area contributed by atoms with Crippen LogP contribution in [0, 0.1) is 17.6 Å². The lowest BCUT2D eigenvalue weighted by Crippen LogP contribution is -2.34. The normalized spacial score (nSPS) is 15.6. The van der Waals surface area contributed by atoms with E-state index < -0.39 is 0 Å². The number of nitrogens with two attached hydrogens (primary N) is 1. The fourth-order valence-corrected chi connectivity index (χ4v) is 4.62. The predicted octanol–water partition coefficient (Wildman–Crippen LogP) is 6.30. The van der Waals surface area contributed by atoms with Crippen molar-refractivity contribution < 1.29 is 8.78 Å². The van der Waals surface area contributed by atoms with Crippen molar-refractivity contribution in [3.63, 3.8) is 0 Å². The standard InChI is InChI=1S/C29H31F2N3/c1-2-33-29(28(20-32)25-9-13-27(31)14-10-25)34-17-15-22(16-18-34)19-21-3-5-23(6-4-21)24-7-11-26(30)12-8-24/h2-14,22H,15-20,32H2,1H3/b29-28-,33-2?. The SMILES string of the molecule is CC=N/C(=C(\CN)c1ccc(F)cc1)N1CCC(Cc2ccc(-c3ccc(F)cc3)cc2)CC1. The first-order valence-corrected chi connectivity index (χ1v) is 11.8. The van der Waals surface area contributed by atoms with Crippen LogP contribution in [0.5, 0.6) is 0 Å². The summed E-state index contributed by atoms with van der Waals surface area (Å²) in [6.45, 7) is 4.07. The molecule has 0 unspecified atom stereocenters. The van der Waals surface area contributed by atoms with Gasteiger partial charge in [-0.2, -0.15) is 0 Å². The maximum absolute atomic E-state index is 13.4. The molecule has 34 heavy (non-hydrogen) atoms. The Bertz CT molecular complexity index is 1130. The van der Waals surface area contributed by atoms with Crippen LogP contribution < -0.4 is 5.73 Å². The topological polar surface area (TPSA) is 41.6 Å². The molecule has 3 nitrogen and oxygen atoms in total. The lowest BCUT2D eigenvalue weighted by molar-refractivity contribution is 0.225. The maximum Gasteiger partial charge on any atom is 0.133 e. The molecule has 1 aliphatic rings. The van der Waals surface area contributed by atoms with E-state index in [9.17, 15) is 8.78 Å². The molecule has 5 heteroatoms. The molecular formula is C29H31F2N3. The number of hydrogen-bond donors (Lipinski definition) is 1. The Labute approximate surface area is 200 Å². The minimum atomic E-state index is -0.257. The van der Waals surface area contributed by atoms with E-state index in [4.69, 9.17) is 5.73 Å². The van der Waals surface area contributed by atoms with Crippen molar-refractivity contribution in [2.24, 2.45) is 16.6 Å². The number of halogens is 2. The molecular weight excluding hydrogens is 428 g/mol. The zero-order chi connectivity index (χ0) is 23.9. The fourth-order valence-electron chi connectivity index (χ4n) is 4.62. The van der Waals surface area contributed by atoms with Gasteiger partial charge in [0.2, 0.25) is 0 Å². The lowest BCUT2D eigenvalue weighted by atomic mass is 9.89. The summed E-state index contributed by atoms with van der Waals surface area (Å²) >= 11 is 0. The number of benzene rings is 3. The van der Waals surface area contributed by atoms with E-state index in [1.165, 1.54) is 29.8 Å². The Morgan fingerprint density at radius 2 is 1.41 bits per heavy atom. The molecule has 0 bridgehead atoms. The highest BCUT2D eigenvalue weighted by atomic mass is 19.1. The highest BCUT2D eigenvalue weighted by molar-refractivity contribution is 5.71. The Kier molecular flexibility index (Phi) is 7.86. The van der Waals surface area contributed by atoms with Crippen molar-refractivity contribution >= 4 is 11.8 Å². The molecule has 0 aliphatic carbocycles. The van der Waals surface area contributed by atoms with Gasteiger partial charge in [-0.25, -0.2) is 13.8 Å². The second kappa shape index (κ2) is 11.2. The molecule has 0 saturated carbocycles. The zero-order valence-corrected chi connectivity index (χ0v) is 19.6. The van der Waals surface area contributed by atoms with E-state index in [1.807, 2.05) is 19.1 Å². The van der Waals surface area contributed by atoms with Crippen LogP contribution in [0.15, 0.2) is 83.6 Å². The predicted molar refractivity (Wildman–Crippen MR) is 136 cm³/mol. The van der Waals surface area contributed by atoms with Gasteiger partial charge in [-0.3, -0.25) is 0 Å². The van der Waals surface area contributed by atoms with Crippen molar-refractivity contribution in [2.45, 2.75) is 26.2 Å². The van der Waals surface area contributed by atoms with E-state index in [0.717, 1.165) is 60.4 Å². The summed E-state index contributed by atoms with van der Waals surface area (Å²) in [5, 5.41) is 0. The van der Waals surface area contributed by atoms with Crippen LogP contribution >= 0.6 is 0 Å². The molecule has 0 aromatic heterocycles. The number of hydrogen-bond acceptors (Lipinski definition) is 3. The first kappa shape index (κ1) is 23.8. The van der Waals surface area contributed by atoms with Gasteiger partial charge < -0.3 is 10.6 Å². The van der Waals surface area contributed by atoms with Crippen molar-refractivity contribution in [2.75, 3.05) is 19.6 Å². The van der Waals surface area contributed by atoms with E-state index in [1.54, 1.807) is 18.3 Å². The molecule has 1 aliphatic heterocycles. The Balaban J connectivity index is 1.41. The third-order valence-corrected chi connectivity index (χ3v) is 6.49. The Morgan fingerprint density at radius 1 is 0.882 bits per heavy atom. The summed E-state index contributed by atoms with van der Waals surface area (Å²) in [5.74, 6) is 1.02.